The van der Waals surface area contributed by atoms with Crippen molar-refractivity contribution in [3.8, 4) is 11.5 Å². The number of hydrogen-bond acceptors (Lipinski definition) is 6. The molecule has 3 aromatic heterocycles. The molecular weight excluding hydrogens is 272 g/mol. The van der Waals surface area contributed by atoms with Crippen LogP contribution >= 0.6 is 11.6 Å². The van der Waals surface area contributed by atoms with Gasteiger partial charge in [-0.25, -0.2) is 4.79 Å². The van der Waals surface area contributed by atoms with Crippen LogP contribution in [0.2, 0.25) is 5.02 Å². The summed E-state index contributed by atoms with van der Waals surface area (Å²) < 4.78 is 11.0. The molecule has 0 fully saturated rings. The first kappa shape index (κ1) is 11.7. The van der Waals surface area contributed by atoms with Crippen molar-refractivity contribution in [3.05, 3.63) is 35.2 Å². The summed E-state index contributed by atoms with van der Waals surface area (Å²) in [5, 5.41) is 12.0. The molecule has 3 aromatic rings. The van der Waals surface area contributed by atoms with Gasteiger partial charge in [-0.1, -0.05) is 16.8 Å². The van der Waals surface area contributed by atoms with E-state index in [-0.39, 0.29) is 0 Å². The van der Waals surface area contributed by atoms with E-state index in [1.54, 1.807) is 10.5 Å². The fourth-order valence-corrected chi connectivity index (χ4v) is 1.93. The lowest BCUT2D eigenvalue weighted by Crippen LogP contribution is -2.03. The molecule has 19 heavy (non-hydrogen) atoms. The summed E-state index contributed by atoms with van der Waals surface area (Å²) in [5.74, 6) is -0.0694. The Balaban J connectivity index is 2.26. The van der Waals surface area contributed by atoms with Crippen LogP contribution in [0.5, 0.6) is 0 Å². The molecule has 0 aliphatic heterocycles. The zero-order valence-electron chi connectivity index (χ0n) is 9.70. The normalized spacial score (nSPS) is 10.8. The number of methoxy groups -OCH3 is 1. The third kappa shape index (κ3) is 1.84. The monoisotopic (exact) mass is 278 g/mol. The van der Waals surface area contributed by atoms with Crippen LogP contribution in [0.1, 0.15) is 10.4 Å². The summed E-state index contributed by atoms with van der Waals surface area (Å²) in [6, 6.07) is 3.11. The standard InChI is InChI=1S/C11H7ClN4O3/c1-18-11(17)6-4-7(12)9-13-14-10(16(9)5-6)8-2-3-19-15-8/h2-5H,1H3. The van der Waals surface area contributed by atoms with Crippen LogP contribution < -0.4 is 0 Å². The quantitative estimate of drug-likeness (QED) is 0.665. The van der Waals surface area contributed by atoms with Gasteiger partial charge in [0.15, 0.2) is 17.2 Å². The second-order valence-corrected chi connectivity index (χ2v) is 4.08. The van der Waals surface area contributed by atoms with E-state index in [0.717, 1.165) is 0 Å². The summed E-state index contributed by atoms with van der Waals surface area (Å²) in [7, 11) is 1.30. The Kier molecular flexibility index (Phi) is 2.68. The van der Waals surface area contributed by atoms with Gasteiger partial charge >= 0.3 is 5.97 Å². The number of fused-ring (bicyclic) bond motifs is 1. The Bertz CT molecular complexity index is 751. The number of esters is 1. The largest absolute Gasteiger partial charge is 0.465 e. The van der Waals surface area contributed by atoms with Gasteiger partial charge in [-0.15, -0.1) is 10.2 Å². The van der Waals surface area contributed by atoms with E-state index in [1.807, 2.05) is 0 Å². The van der Waals surface area contributed by atoms with E-state index < -0.39 is 5.97 Å². The third-order valence-corrected chi connectivity index (χ3v) is 2.83. The Morgan fingerprint density at radius 2 is 2.32 bits per heavy atom. The number of rotatable bonds is 2. The highest BCUT2D eigenvalue weighted by Gasteiger charge is 2.16. The highest BCUT2D eigenvalue weighted by molar-refractivity contribution is 6.33. The molecule has 0 saturated carbocycles. The molecule has 3 rings (SSSR count). The molecule has 0 bridgehead atoms. The SMILES string of the molecule is COC(=O)c1cc(Cl)c2nnc(-c3ccon3)n2c1. The van der Waals surface area contributed by atoms with E-state index >= 15 is 0 Å². The maximum absolute atomic E-state index is 11.6. The molecule has 7 nitrogen and oxygen atoms in total. The van der Waals surface area contributed by atoms with Crippen molar-refractivity contribution < 1.29 is 14.1 Å². The molecule has 0 amide bonds. The second-order valence-electron chi connectivity index (χ2n) is 3.67. The van der Waals surface area contributed by atoms with Crippen molar-refractivity contribution in [1.82, 2.24) is 19.8 Å². The highest BCUT2D eigenvalue weighted by atomic mass is 35.5. The first-order chi connectivity index (χ1) is 9.20. The van der Waals surface area contributed by atoms with Crippen molar-refractivity contribution in [2.75, 3.05) is 7.11 Å². The first-order valence-electron chi connectivity index (χ1n) is 5.24. The number of aromatic nitrogens is 4. The number of halogens is 1. The minimum absolute atomic E-state index is 0.296. The molecule has 0 aliphatic rings. The van der Waals surface area contributed by atoms with Gasteiger partial charge in [0, 0.05) is 12.3 Å². The molecule has 8 heteroatoms. The summed E-state index contributed by atoms with van der Waals surface area (Å²) in [5.41, 5.74) is 1.21. The van der Waals surface area contributed by atoms with E-state index in [9.17, 15) is 4.79 Å². The lowest BCUT2D eigenvalue weighted by atomic mass is 10.3. The summed E-state index contributed by atoms with van der Waals surface area (Å²) in [4.78, 5) is 11.6. The van der Waals surface area contributed by atoms with Gasteiger partial charge in [-0.05, 0) is 6.07 Å². The molecule has 0 atom stereocenters. The summed E-state index contributed by atoms with van der Waals surface area (Å²) >= 11 is 6.06. The number of hydrogen-bond donors (Lipinski definition) is 0. The minimum Gasteiger partial charge on any atom is -0.465 e. The van der Waals surface area contributed by atoms with Crippen molar-refractivity contribution in [2.24, 2.45) is 0 Å². The lowest BCUT2D eigenvalue weighted by molar-refractivity contribution is 0.0600. The third-order valence-electron chi connectivity index (χ3n) is 2.55. The van der Waals surface area contributed by atoms with Crippen molar-refractivity contribution in [2.45, 2.75) is 0 Å². The molecular formula is C11H7ClN4O3. The van der Waals surface area contributed by atoms with Crippen LogP contribution in [-0.4, -0.2) is 32.8 Å². The van der Waals surface area contributed by atoms with Gasteiger partial charge < -0.3 is 9.26 Å². The van der Waals surface area contributed by atoms with E-state index in [2.05, 4.69) is 20.1 Å². The molecule has 0 saturated heterocycles. The highest BCUT2D eigenvalue weighted by Crippen LogP contribution is 2.23. The number of ether oxygens (including phenoxy) is 1. The van der Waals surface area contributed by atoms with Gasteiger partial charge in [0.2, 0.25) is 0 Å². The van der Waals surface area contributed by atoms with Gasteiger partial charge in [0.05, 0.1) is 17.7 Å². The van der Waals surface area contributed by atoms with Crippen LogP contribution in [0.25, 0.3) is 17.2 Å². The number of nitrogens with zero attached hydrogens (tertiary/aromatic N) is 4. The summed E-state index contributed by atoms with van der Waals surface area (Å²) in [6.07, 6.45) is 2.96. The lowest BCUT2D eigenvalue weighted by Gasteiger charge is -2.02. The Labute approximate surface area is 111 Å². The van der Waals surface area contributed by atoms with Gasteiger partial charge in [0.1, 0.15) is 6.26 Å². The van der Waals surface area contributed by atoms with Crippen LogP contribution in [-0.2, 0) is 4.74 Å². The van der Waals surface area contributed by atoms with E-state index in [1.165, 1.54) is 25.6 Å². The van der Waals surface area contributed by atoms with E-state index in [4.69, 9.17) is 16.1 Å². The van der Waals surface area contributed by atoms with Crippen LogP contribution in [0, 0.1) is 0 Å². The van der Waals surface area contributed by atoms with Crippen LogP contribution in [0.3, 0.4) is 0 Å². The van der Waals surface area contributed by atoms with Gasteiger partial charge in [0.25, 0.3) is 0 Å². The molecule has 3 heterocycles. The van der Waals surface area contributed by atoms with Crippen LogP contribution in [0.15, 0.2) is 29.1 Å². The number of pyridine rings is 1. The molecule has 0 N–H and O–H groups in total. The van der Waals surface area contributed by atoms with E-state index in [0.29, 0.717) is 27.8 Å². The minimum atomic E-state index is -0.497. The second kappa shape index (κ2) is 4.36. The zero-order chi connectivity index (χ0) is 13.4. The van der Waals surface area contributed by atoms with Crippen LogP contribution in [0.4, 0.5) is 0 Å². The van der Waals surface area contributed by atoms with Crippen molar-refractivity contribution in [1.29, 1.82) is 0 Å². The smallest absolute Gasteiger partial charge is 0.339 e. The van der Waals surface area contributed by atoms with Crippen molar-refractivity contribution in [3.63, 3.8) is 0 Å². The fourth-order valence-electron chi connectivity index (χ4n) is 1.69. The zero-order valence-corrected chi connectivity index (χ0v) is 10.5. The molecule has 0 spiro atoms. The first-order valence-corrected chi connectivity index (χ1v) is 5.62. The number of carbonyl (C=O) groups is 1. The van der Waals surface area contributed by atoms with Gasteiger partial charge in [-0.2, -0.15) is 0 Å². The average molecular weight is 279 g/mol. The summed E-state index contributed by atoms with van der Waals surface area (Å²) in [6.45, 7) is 0. The molecule has 0 aromatic carbocycles. The predicted octanol–water partition coefficient (Wildman–Crippen LogP) is 1.82. The maximum atomic E-state index is 11.6. The maximum Gasteiger partial charge on any atom is 0.339 e. The molecule has 96 valence electrons. The Hall–Kier alpha value is -2.41. The fraction of sp³-hybridized carbons (Fsp3) is 0.0909. The number of carbonyl (C=O) groups excluding carboxylic acids is 1. The predicted molar refractivity (Wildman–Crippen MR) is 64.8 cm³/mol. The molecule has 0 radical (unpaired) electrons. The van der Waals surface area contributed by atoms with Gasteiger partial charge in [-0.3, -0.25) is 4.40 Å². The van der Waals surface area contributed by atoms with Crippen molar-refractivity contribution >= 4 is 23.2 Å². The Morgan fingerprint density at radius 3 is 3.00 bits per heavy atom. The topological polar surface area (TPSA) is 82.5 Å². The average Bonchev–Trinajstić information content (AvgIpc) is 3.05. The molecule has 0 unspecified atom stereocenters. The Morgan fingerprint density at radius 1 is 1.47 bits per heavy atom. The molecule has 0 aliphatic carbocycles.